The lowest BCUT2D eigenvalue weighted by Gasteiger charge is -2.08. The van der Waals surface area contributed by atoms with E-state index in [1.807, 2.05) is 30.5 Å². The highest BCUT2D eigenvalue weighted by Crippen LogP contribution is 2.23. The molecule has 0 saturated heterocycles. The summed E-state index contributed by atoms with van der Waals surface area (Å²) in [6.07, 6.45) is 5.01. The maximum Gasteiger partial charge on any atom is 0.130 e. The first kappa shape index (κ1) is 11.5. The molecule has 0 bridgehead atoms. The van der Waals surface area contributed by atoms with E-state index >= 15 is 0 Å². The molecule has 0 aliphatic carbocycles. The van der Waals surface area contributed by atoms with Gasteiger partial charge < -0.3 is 4.79 Å². The number of hydrogen-bond acceptors (Lipinski definition) is 2. The van der Waals surface area contributed by atoms with Gasteiger partial charge in [0.2, 0.25) is 0 Å². The average molecular weight is 225 g/mol. The lowest BCUT2D eigenvalue weighted by atomic mass is 9.98. The van der Waals surface area contributed by atoms with Crippen LogP contribution in [0.1, 0.15) is 18.9 Å². The highest BCUT2D eigenvalue weighted by atomic mass is 16.1. The van der Waals surface area contributed by atoms with Gasteiger partial charge in [-0.05, 0) is 30.5 Å². The third kappa shape index (κ3) is 3.00. The number of aryl methyl sites for hydroxylation is 1. The Balaban J connectivity index is 2.31. The van der Waals surface area contributed by atoms with Crippen LogP contribution in [0.3, 0.4) is 0 Å². The molecule has 0 fully saturated rings. The van der Waals surface area contributed by atoms with Gasteiger partial charge in [0.05, 0.1) is 0 Å². The zero-order valence-corrected chi connectivity index (χ0v) is 9.89. The van der Waals surface area contributed by atoms with Crippen LogP contribution in [-0.2, 0) is 11.2 Å². The molecule has 2 aromatic rings. The number of carbonyl (C=O) groups excluding carboxylic acids is 1. The molecule has 1 aromatic carbocycles. The van der Waals surface area contributed by atoms with E-state index in [1.54, 1.807) is 13.1 Å². The van der Waals surface area contributed by atoms with Gasteiger partial charge in [-0.2, -0.15) is 0 Å². The second-order valence-electron chi connectivity index (χ2n) is 4.10. The Morgan fingerprint density at radius 2 is 1.94 bits per heavy atom. The first-order valence-corrected chi connectivity index (χ1v) is 5.75. The minimum atomic E-state index is 0.223. The summed E-state index contributed by atoms with van der Waals surface area (Å²) in [5.41, 5.74) is 3.45. The summed E-state index contributed by atoms with van der Waals surface area (Å²) in [6.45, 7) is 1.63. The topological polar surface area (TPSA) is 30.0 Å². The minimum Gasteiger partial charge on any atom is -0.300 e. The minimum absolute atomic E-state index is 0.223. The second kappa shape index (κ2) is 5.39. The van der Waals surface area contributed by atoms with E-state index in [2.05, 4.69) is 17.1 Å². The summed E-state index contributed by atoms with van der Waals surface area (Å²) < 4.78 is 0. The quantitative estimate of drug-likeness (QED) is 0.799. The molecule has 2 nitrogen and oxygen atoms in total. The summed E-state index contributed by atoms with van der Waals surface area (Å²) in [6, 6.07) is 12.1. The van der Waals surface area contributed by atoms with Crippen molar-refractivity contribution in [2.75, 3.05) is 0 Å². The number of Topliss-reactive ketones (excluding diaryl/α,β-unsaturated/α-hetero) is 1. The lowest BCUT2D eigenvalue weighted by molar-refractivity contribution is -0.116. The van der Waals surface area contributed by atoms with Crippen molar-refractivity contribution in [1.29, 1.82) is 0 Å². The molecule has 0 amide bonds. The van der Waals surface area contributed by atoms with Gasteiger partial charge in [-0.15, -0.1) is 0 Å². The molecular weight excluding hydrogens is 210 g/mol. The average Bonchev–Trinajstić information content (AvgIpc) is 2.38. The molecular formula is C15H15NO. The Morgan fingerprint density at radius 3 is 2.65 bits per heavy atom. The molecule has 1 aromatic heterocycles. The Bertz CT molecular complexity index is 505. The molecule has 0 aliphatic rings. The van der Waals surface area contributed by atoms with Gasteiger partial charge in [0.1, 0.15) is 5.78 Å². The highest BCUT2D eigenvalue weighted by molar-refractivity contribution is 5.76. The van der Waals surface area contributed by atoms with E-state index in [4.69, 9.17) is 0 Å². The van der Waals surface area contributed by atoms with E-state index in [-0.39, 0.29) is 5.78 Å². The molecule has 0 saturated carbocycles. The molecule has 0 spiro atoms. The number of hydrogen-bond donors (Lipinski definition) is 0. The van der Waals surface area contributed by atoms with Crippen molar-refractivity contribution in [3.63, 3.8) is 0 Å². The zero-order valence-electron chi connectivity index (χ0n) is 9.89. The molecule has 0 unspecified atom stereocenters. The summed E-state index contributed by atoms with van der Waals surface area (Å²) in [7, 11) is 0. The van der Waals surface area contributed by atoms with Gasteiger partial charge in [0.25, 0.3) is 0 Å². The van der Waals surface area contributed by atoms with Gasteiger partial charge in [-0.1, -0.05) is 30.3 Å². The summed E-state index contributed by atoms with van der Waals surface area (Å²) in [4.78, 5) is 15.2. The first-order valence-electron chi connectivity index (χ1n) is 5.75. The van der Waals surface area contributed by atoms with Crippen molar-refractivity contribution in [2.24, 2.45) is 0 Å². The van der Waals surface area contributed by atoms with Crippen LogP contribution in [0.5, 0.6) is 0 Å². The SMILES string of the molecule is CC(=O)CCc1ccncc1-c1ccccc1. The molecule has 86 valence electrons. The standard InChI is InChI=1S/C15H15NO/c1-12(17)7-8-14-9-10-16-11-15(14)13-5-3-2-4-6-13/h2-6,9-11H,7-8H2,1H3. The van der Waals surface area contributed by atoms with Crippen LogP contribution < -0.4 is 0 Å². The Labute approximate surface area is 101 Å². The third-order valence-corrected chi connectivity index (χ3v) is 2.74. The lowest BCUT2D eigenvalue weighted by Crippen LogP contribution is -1.96. The van der Waals surface area contributed by atoms with Crippen LogP contribution in [0.15, 0.2) is 48.8 Å². The number of pyridine rings is 1. The van der Waals surface area contributed by atoms with Crippen LogP contribution in [0.25, 0.3) is 11.1 Å². The molecule has 0 N–H and O–H groups in total. The van der Waals surface area contributed by atoms with E-state index in [0.717, 1.165) is 17.5 Å². The Kier molecular flexibility index (Phi) is 3.66. The smallest absolute Gasteiger partial charge is 0.130 e. The molecule has 0 aliphatic heterocycles. The Hall–Kier alpha value is -1.96. The third-order valence-electron chi connectivity index (χ3n) is 2.74. The molecule has 17 heavy (non-hydrogen) atoms. The number of aromatic nitrogens is 1. The van der Waals surface area contributed by atoms with Crippen LogP contribution in [0.4, 0.5) is 0 Å². The fourth-order valence-electron chi connectivity index (χ4n) is 1.83. The maximum atomic E-state index is 11.0. The fourth-order valence-corrected chi connectivity index (χ4v) is 1.83. The number of benzene rings is 1. The number of ketones is 1. The van der Waals surface area contributed by atoms with E-state index in [0.29, 0.717) is 6.42 Å². The molecule has 0 atom stereocenters. The van der Waals surface area contributed by atoms with Crippen molar-refractivity contribution in [2.45, 2.75) is 19.8 Å². The number of carbonyl (C=O) groups is 1. The predicted octanol–water partition coefficient (Wildman–Crippen LogP) is 3.27. The van der Waals surface area contributed by atoms with Crippen LogP contribution >= 0.6 is 0 Å². The number of nitrogens with zero attached hydrogens (tertiary/aromatic N) is 1. The predicted molar refractivity (Wildman–Crippen MR) is 68.7 cm³/mol. The normalized spacial score (nSPS) is 10.2. The van der Waals surface area contributed by atoms with Crippen molar-refractivity contribution in [1.82, 2.24) is 4.98 Å². The highest BCUT2D eigenvalue weighted by Gasteiger charge is 2.05. The second-order valence-corrected chi connectivity index (χ2v) is 4.10. The largest absolute Gasteiger partial charge is 0.300 e. The summed E-state index contributed by atoms with van der Waals surface area (Å²) >= 11 is 0. The van der Waals surface area contributed by atoms with Crippen molar-refractivity contribution in [3.8, 4) is 11.1 Å². The van der Waals surface area contributed by atoms with Gasteiger partial charge in [-0.25, -0.2) is 0 Å². The molecule has 1 heterocycles. The van der Waals surface area contributed by atoms with Crippen molar-refractivity contribution >= 4 is 5.78 Å². The first-order chi connectivity index (χ1) is 8.27. The summed E-state index contributed by atoms with van der Waals surface area (Å²) in [5, 5.41) is 0. The van der Waals surface area contributed by atoms with Crippen molar-refractivity contribution in [3.05, 3.63) is 54.4 Å². The number of rotatable bonds is 4. The summed E-state index contributed by atoms with van der Waals surface area (Å²) in [5.74, 6) is 0.223. The fraction of sp³-hybridized carbons (Fsp3) is 0.200. The van der Waals surface area contributed by atoms with E-state index < -0.39 is 0 Å². The van der Waals surface area contributed by atoms with Gasteiger partial charge in [-0.3, -0.25) is 4.98 Å². The molecule has 0 radical (unpaired) electrons. The van der Waals surface area contributed by atoms with Crippen molar-refractivity contribution < 1.29 is 4.79 Å². The monoisotopic (exact) mass is 225 g/mol. The van der Waals surface area contributed by atoms with Gasteiger partial charge in [0.15, 0.2) is 0 Å². The van der Waals surface area contributed by atoms with E-state index in [1.165, 1.54) is 5.56 Å². The van der Waals surface area contributed by atoms with Crippen LogP contribution in [-0.4, -0.2) is 10.8 Å². The van der Waals surface area contributed by atoms with Gasteiger partial charge >= 0.3 is 0 Å². The zero-order chi connectivity index (χ0) is 12.1. The van der Waals surface area contributed by atoms with Gasteiger partial charge in [0, 0.05) is 24.4 Å². The Morgan fingerprint density at radius 1 is 1.18 bits per heavy atom. The van der Waals surface area contributed by atoms with Crippen LogP contribution in [0, 0.1) is 0 Å². The molecule has 2 heteroatoms. The maximum absolute atomic E-state index is 11.0. The molecule has 2 rings (SSSR count). The van der Waals surface area contributed by atoms with E-state index in [9.17, 15) is 4.79 Å². The van der Waals surface area contributed by atoms with Crippen LogP contribution in [0.2, 0.25) is 0 Å².